The average molecular weight is 329 g/mol. The number of carboxylic acid groups (broad SMARTS) is 1. The van der Waals surface area contributed by atoms with Crippen LogP contribution in [0.25, 0.3) is 0 Å². The fourth-order valence-electron chi connectivity index (χ4n) is 1.89. The van der Waals surface area contributed by atoms with Gasteiger partial charge in [0.15, 0.2) is 9.84 Å². The van der Waals surface area contributed by atoms with Gasteiger partial charge in [0.25, 0.3) is 0 Å². The number of sulfone groups is 1. The van der Waals surface area contributed by atoms with Crippen molar-refractivity contribution >= 4 is 27.4 Å². The lowest BCUT2D eigenvalue weighted by molar-refractivity contribution is 0.0661. The number of carbonyl (C=O) groups is 1. The van der Waals surface area contributed by atoms with Gasteiger partial charge in [-0.3, -0.25) is 0 Å². The molecule has 1 aromatic heterocycles. The standard InChI is InChI=1S/C14H13ClO5S/c1-9-11(6-13(20-9)14(16)17)8-21(18,19)7-10-2-4-12(15)5-3-10/h2-6H,7-8H2,1H3,(H,16,17). The lowest BCUT2D eigenvalue weighted by Gasteiger charge is -2.04. The Labute approximate surface area is 127 Å². The van der Waals surface area contributed by atoms with Crippen molar-refractivity contribution in [3.8, 4) is 0 Å². The molecule has 112 valence electrons. The minimum atomic E-state index is -3.43. The molecule has 7 heteroatoms. The number of aromatic carboxylic acids is 1. The van der Waals surface area contributed by atoms with Crippen molar-refractivity contribution in [1.29, 1.82) is 0 Å². The Morgan fingerprint density at radius 3 is 2.38 bits per heavy atom. The topological polar surface area (TPSA) is 84.6 Å². The van der Waals surface area contributed by atoms with E-state index in [0.29, 0.717) is 21.9 Å². The summed E-state index contributed by atoms with van der Waals surface area (Å²) < 4.78 is 29.3. The molecule has 0 spiro atoms. The first-order valence-corrected chi connectivity index (χ1v) is 8.24. The molecule has 0 aliphatic carbocycles. The number of furan rings is 1. The third-order valence-electron chi connectivity index (χ3n) is 2.91. The smallest absolute Gasteiger partial charge is 0.371 e. The van der Waals surface area contributed by atoms with Crippen molar-refractivity contribution in [1.82, 2.24) is 0 Å². The van der Waals surface area contributed by atoms with E-state index in [-0.39, 0.29) is 17.3 Å². The number of carboxylic acids is 1. The first-order chi connectivity index (χ1) is 9.77. The predicted molar refractivity (Wildman–Crippen MR) is 78.2 cm³/mol. The molecule has 1 N–H and O–H groups in total. The Hall–Kier alpha value is -1.79. The van der Waals surface area contributed by atoms with Crippen molar-refractivity contribution in [2.45, 2.75) is 18.4 Å². The highest BCUT2D eigenvalue weighted by Crippen LogP contribution is 2.20. The highest BCUT2D eigenvalue weighted by Gasteiger charge is 2.19. The maximum absolute atomic E-state index is 12.2. The Morgan fingerprint density at radius 2 is 1.86 bits per heavy atom. The summed E-state index contributed by atoms with van der Waals surface area (Å²) in [6.45, 7) is 1.54. The van der Waals surface area contributed by atoms with Crippen LogP contribution in [0.1, 0.15) is 27.4 Å². The molecule has 0 atom stereocenters. The summed E-state index contributed by atoms with van der Waals surface area (Å²) in [5.74, 6) is -1.59. The largest absolute Gasteiger partial charge is 0.475 e. The van der Waals surface area contributed by atoms with E-state index in [1.807, 2.05) is 0 Å². The monoisotopic (exact) mass is 328 g/mol. The van der Waals surface area contributed by atoms with Gasteiger partial charge in [-0.2, -0.15) is 0 Å². The van der Waals surface area contributed by atoms with E-state index in [1.165, 1.54) is 6.07 Å². The summed E-state index contributed by atoms with van der Waals surface area (Å²) in [6, 6.07) is 7.78. The van der Waals surface area contributed by atoms with Crippen LogP contribution in [0.5, 0.6) is 0 Å². The van der Waals surface area contributed by atoms with Crippen LogP contribution in [0.15, 0.2) is 34.7 Å². The Balaban J connectivity index is 2.17. The van der Waals surface area contributed by atoms with Gasteiger partial charge in [-0.05, 0) is 30.7 Å². The van der Waals surface area contributed by atoms with Crippen LogP contribution in [-0.4, -0.2) is 19.5 Å². The van der Waals surface area contributed by atoms with Crippen LogP contribution < -0.4 is 0 Å². The van der Waals surface area contributed by atoms with Crippen molar-refractivity contribution < 1.29 is 22.7 Å². The molecular weight excluding hydrogens is 316 g/mol. The fraction of sp³-hybridized carbons (Fsp3) is 0.214. The first-order valence-electron chi connectivity index (χ1n) is 6.04. The highest BCUT2D eigenvalue weighted by atomic mass is 35.5. The van der Waals surface area contributed by atoms with Crippen LogP contribution in [0.3, 0.4) is 0 Å². The van der Waals surface area contributed by atoms with E-state index in [0.717, 1.165) is 0 Å². The van der Waals surface area contributed by atoms with Gasteiger partial charge >= 0.3 is 5.97 Å². The molecule has 0 amide bonds. The zero-order valence-corrected chi connectivity index (χ0v) is 12.7. The number of benzene rings is 1. The third kappa shape index (κ3) is 4.09. The van der Waals surface area contributed by atoms with Crippen molar-refractivity contribution in [3.05, 3.63) is 58.0 Å². The average Bonchev–Trinajstić information content (AvgIpc) is 2.73. The van der Waals surface area contributed by atoms with Gasteiger partial charge in [0, 0.05) is 10.6 Å². The molecule has 0 saturated carbocycles. The zero-order valence-electron chi connectivity index (χ0n) is 11.2. The van der Waals surface area contributed by atoms with Gasteiger partial charge < -0.3 is 9.52 Å². The minimum Gasteiger partial charge on any atom is -0.475 e. The van der Waals surface area contributed by atoms with Gasteiger partial charge in [0.1, 0.15) is 5.76 Å². The number of hydrogen-bond donors (Lipinski definition) is 1. The molecule has 0 aliphatic rings. The van der Waals surface area contributed by atoms with E-state index < -0.39 is 15.8 Å². The van der Waals surface area contributed by atoms with E-state index in [9.17, 15) is 13.2 Å². The molecule has 1 heterocycles. The molecule has 0 unspecified atom stereocenters. The number of hydrogen-bond acceptors (Lipinski definition) is 4. The maximum Gasteiger partial charge on any atom is 0.371 e. The van der Waals surface area contributed by atoms with Crippen LogP contribution in [0, 0.1) is 6.92 Å². The molecule has 0 radical (unpaired) electrons. The van der Waals surface area contributed by atoms with Crippen molar-refractivity contribution in [2.24, 2.45) is 0 Å². The fourth-order valence-corrected chi connectivity index (χ4v) is 3.58. The van der Waals surface area contributed by atoms with E-state index in [1.54, 1.807) is 31.2 Å². The van der Waals surface area contributed by atoms with Crippen LogP contribution in [0.4, 0.5) is 0 Å². The van der Waals surface area contributed by atoms with Crippen molar-refractivity contribution in [2.75, 3.05) is 0 Å². The predicted octanol–water partition coefficient (Wildman–Crippen LogP) is 3.05. The molecule has 1 aromatic carbocycles. The Morgan fingerprint density at radius 1 is 1.24 bits per heavy atom. The second-order valence-corrected chi connectivity index (χ2v) is 7.16. The second kappa shape index (κ2) is 5.91. The van der Waals surface area contributed by atoms with E-state index in [4.69, 9.17) is 21.1 Å². The summed E-state index contributed by atoms with van der Waals surface area (Å²) in [7, 11) is -3.43. The highest BCUT2D eigenvalue weighted by molar-refractivity contribution is 7.89. The zero-order chi connectivity index (χ0) is 15.6. The van der Waals surface area contributed by atoms with Crippen molar-refractivity contribution in [3.63, 3.8) is 0 Å². The normalized spacial score (nSPS) is 11.5. The maximum atomic E-state index is 12.2. The number of rotatable bonds is 5. The minimum absolute atomic E-state index is 0.142. The summed E-state index contributed by atoms with van der Waals surface area (Å²) in [5.41, 5.74) is 0.986. The Kier molecular flexibility index (Phi) is 4.39. The molecule has 21 heavy (non-hydrogen) atoms. The van der Waals surface area contributed by atoms with E-state index >= 15 is 0 Å². The first kappa shape index (κ1) is 15.6. The summed E-state index contributed by atoms with van der Waals surface area (Å²) in [4.78, 5) is 10.8. The van der Waals surface area contributed by atoms with Gasteiger partial charge in [-0.25, -0.2) is 13.2 Å². The van der Waals surface area contributed by atoms with Crippen LogP contribution in [-0.2, 0) is 21.3 Å². The molecule has 2 aromatic rings. The van der Waals surface area contributed by atoms with Crippen LogP contribution >= 0.6 is 11.6 Å². The van der Waals surface area contributed by atoms with Gasteiger partial charge in [0.05, 0.1) is 11.5 Å². The molecule has 0 saturated heterocycles. The molecular formula is C14H13ClO5S. The molecule has 0 fully saturated rings. The third-order valence-corrected chi connectivity index (χ3v) is 4.68. The molecule has 0 aliphatic heterocycles. The quantitative estimate of drug-likeness (QED) is 0.911. The summed E-state index contributed by atoms with van der Waals surface area (Å²) in [5, 5.41) is 9.36. The van der Waals surface area contributed by atoms with E-state index in [2.05, 4.69) is 0 Å². The molecule has 0 bridgehead atoms. The lowest BCUT2D eigenvalue weighted by Crippen LogP contribution is -2.07. The second-order valence-electron chi connectivity index (χ2n) is 4.66. The summed E-state index contributed by atoms with van der Waals surface area (Å²) in [6.07, 6.45) is 0. The lowest BCUT2D eigenvalue weighted by atomic mass is 10.2. The van der Waals surface area contributed by atoms with Crippen LogP contribution in [0.2, 0.25) is 5.02 Å². The Bertz CT molecular complexity index is 759. The van der Waals surface area contributed by atoms with Gasteiger partial charge in [0.2, 0.25) is 5.76 Å². The molecule has 5 nitrogen and oxygen atoms in total. The van der Waals surface area contributed by atoms with Gasteiger partial charge in [-0.15, -0.1) is 0 Å². The number of halogens is 1. The SMILES string of the molecule is Cc1oc(C(=O)O)cc1CS(=O)(=O)Cc1ccc(Cl)cc1. The van der Waals surface area contributed by atoms with Gasteiger partial charge in [-0.1, -0.05) is 23.7 Å². The summed E-state index contributed by atoms with van der Waals surface area (Å²) >= 11 is 5.75. The molecule has 2 rings (SSSR count). The number of aryl methyl sites for hydroxylation is 1.